The van der Waals surface area contributed by atoms with Crippen molar-refractivity contribution in [3.8, 4) is 0 Å². The third-order valence-corrected chi connectivity index (χ3v) is 16.8. The van der Waals surface area contributed by atoms with Crippen LogP contribution in [0, 0.1) is 0 Å². The lowest BCUT2D eigenvalue weighted by Crippen LogP contribution is -2.30. The number of hydrogen-bond donors (Lipinski definition) is 0. The van der Waals surface area contributed by atoms with Gasteiger partial charge in [0.15, 0.2) is 6.10 Å². The molecule has 0 aromatic heterocycles. The summed E-state index contributed by atoms with van der Waals surface area (Å²) in [6.45, 7) is 6.69. The lowest BCUT2D eigenvalue weighted by molar-refractivity contribution is -0.167. The Hall–Kier alpha value is -2.63. The molecular weight excluding hydrogens is 1020 g/mol. The maximum atomic E-state index is 13.0. The highest BCUT2D eigenvalue weighted by Crippen LogP contribution is 2.19. The van der Waals surface area contributed by atoms with Gasteiger partial charge in [-0.25, -0.2) is 0 Å². The van der Waals surface area contributed by atoms with Crippen LogP contribution in [0.15, 0.2) is 48.6 Å². The van der Waals surface area contributed by atoms with Crippen molar-refractivity contribution in [1.82, 2.24) is 0 Å². The molecule has 83 heavy (non-hydrogen) atoms. The van der Waals surface area contributed by atoms with E-state index in [1.807, 2.05) is 0 Å². The van der Waals surface area contributed by atoms with Gasteiger partial charge < -0.3 is 14.2 Å². The standard InChI is InChI=1S/C77H142O6/c1-4-7-10-13-16-19-22-25-28-31-34-37-38-41-43-46-49-52-55-58-61-64-67-70-76(79)82-73-74(83-77(80)71-68-65-62-59-56-53-50-47-44-40-36-33-30-27-24-21-18-15-12-9-6-3)72-81-75(78)69-66-63-60-57-54-51-48-45-42-39-35-32-29-26-23-20-17-14-11-8-5-2/h23-24,26-27,32-33,35-36,74H,4-22,25,28-31,34,37-73H2,1-3H3/b26-23-,27-24-,35-32-,36-33-. The minimum atomic E-state index is -0.778. The van der Waals surface area contributed by atoms with E-state index >= 15 is 0 Å². The van der Waals surface area contributed by atoms with Crippen molar-refractivity contribution in [2.75, 3.05) is 13.2 Å². The molecule has 0 radical (unpaired) electrons. The van der Waals surface area contributed by atoms with Crippen LogP contribution in [0.2, 0.25) is 0 Å². The van der Waals surface area contributed by atoms with E-state index in [-0.39, 0.29) is 31.1 Å². The minimum absolute atomic E-state index is 0.0716. The molecule has 0 saturated heterocycles. The first-order chi connectivity index (χ1) is 41.0. The molecule has 0 spiro atoms. The summed E-state index contributed by atoms with van der Waals surface area (Å²) >= 11 is 0. The molecule has 0 aliphatic carbocycles. The normalized spacial score (nSPS) is 12.3. The van der Waals surface area contributed by atoms with Crippen LogP contribution in [0.5, 0.6) is 0 Å². The van der Waals surface area contributed by atoms with Gasteiger partial charge in [0, 0.05) is 19.3 Å². The van der Waals surface area contributed by atoms with Crippen LogP contribution in [0.25, 0.3) is 0 Å². The number of rotatable bonds is 69. The Bertz CT molecular complexity index is 1430. The predicted molar refractivity (Wildman–Crippen MR) is 362 cm³/mol. The van der Waals surface area contributed by atoms with Crippen LogP contribution in [-0.4, -0.2) is 37.2 Å². The highest BCUT2D eigenvalue weighted by molar-refractivity contribution is 5.71. The van der Waals surface area contributed by atoms with E-state index in [4.69, 9.17) is 14.2 Å². The quantitative estimate of drug-likeness (QED) is 0.0261. The van der Waals surface area contributed by atoms with E-state index in [9.17, 15) is 14.4 Å². The van der Waals surface area contributed by atoms with Gasteiger partial charge in [-0.05, 0) is 83.5 Å². The molecule has 6 heteroatoms. The molecule has 0 aromatic rings. The van der Waals surface area contributed by atoms with Crippen LogP contribution in [0.1, 0.15) is 406 Å². The van der Waals surface area contributed by atoms with Gasteiger partial charge in [-0.15, -0.1) is 0 Å². The van der Waals surface area contributed by atoms with E-state index < -0.39 is 6.10 Å². The zero-order valence-electron chi connectivity index (χ0n) is 56.0. The molecule has 0 heterocycles. The van der Waals surface area contributed by atoms with Crippen molar-refractivity contribution >= 4 is 17.9 Å². The number of carbonyl (C=O) groups is 3. The number of allylic oxidation sites excluding steroid dienone is 8. The van der Waals surface area contributed by atoms with Crippen molar-refractivity contribution < 1.29 is 28.6 Å². The Morgan fingerprint density at radius 2 is 0.434 bits per heavy atom. The van der Waals surface area contributed by atoms with Gasteiger partial charge in [-0.1, -0.05) is 352 Å². The van der Waals surface area contributed by atoms with Crippen molar-refractivity contribution in [2.45, 2.75) is 412 Å². The van der Waals surface area contributed by atoms with E-state index in [1.165, 1.54) is 295 Å². The third-order valence-electron chi connectivity index (χ3n) is 16.8. The SMILES string of the molecule is CCCCCCC/C=C\C/C=C\CCCCCCCCCCCC(=O)OCC(COC(=O)CCCCCCCCCCCCCCCCCCCCCCCCC)OC(=O)CCCCCCCCCCC/C=C\C/C=C\CCCCCCC. The van der Waals surface area contributed by atoms with Crippen LogP contribution >= 0.6 is 0 Å². The van der Waals surface area contributed by atoms with E-state index in [1.54, 1.807) is 0 Å². The molecule has 6 nitrogen and oxygen atoms in total. The first-order valence-corrected chi connectivity index (χ1v) is 37.1. The largest absolute Gasteiger partial charge is 0.462 e. The Labute approximate surface area is 518 Å². The minimum Gasteiger partial charge on any atom is -0.462 e. The maximum absolute atomic E-state index is 13.0. The van der Waals surface area contributed by atoms with E-state index in [0.717, 1.165) is 70.6 Å². The highest BCUT2D eigenvalue weighted by Gasteiger charge is 2.19. The molecule has 0 aliphatic rings. The summed E-state index contributed by atoms with van der Waals surface area (Å²) < 4.78 is 17.0. The summed E-state index contributed by atoms with van der Waals surface area (Å²) in [7, 11) is 0. The molecule has 0 amide bonds. The van der Waals surface area contributed by atoms with Gasteiger partial charge in [-0.2, -0.15) is 0 Å². The summed E-state index contributed by atoms with van der Waals surface area (Å²) in [5.41, 5.74) is 0. The molecule has 0 rings (SSSR count). The molecule has 1 unspecified atom stereocenters. The maximum Gasteiger partial charge on any atom is 0.306 e. The second-order valence-corrected chi connectivity index (χ2v) is 25.2. The molecule has 0 bridgehead atoms. The fourth-order valence-corrected chi connectivity index (χ4v) is 11.2. The molecule has 0 N–H and O–H groups in total. The third kappa shape index (κ3) is 70.0. The molecule has 1 atom stereocenters. The number of unbranched alkanes of at least 4 members (excludes halogenated alkanes) is 50. The molecule has 486 valence electrons. The Morgan fingerprint density at radius 3 is 0.663 bits per heavy atom. The number of ether oxygens (including phenoxy) is 3. The second kappa shape index (κ2) is 71.8. The molecule has 0 fully saturated rings. The second-order valence-electron chi connectivity index (χ2n) is 25.2. The number of carbonyl (C=O) groups excluding carboxylic acids is 3. The number of esters is 3. The van der Waals surface area contributed by atoms with Crippen LogP contribution in [0.3, 0.4) is 0 Å². The zero-order valence-corrected chi connectivity index (χ0v) is 56.0. The topological polar surface area (TPSA) is 78.9 Å². The van der Waals surface area contributed by atoms with Crippen LogP contribution in [0.4, 0.5) is 0 Å². The lowest BCUT2D eigenvalue weighted by Gasteiger charge is -2.18. The summed E-state index contributed by atoms with van der Waals surface area (Å²) in [6.07, 6.45) is 91.4. The summed E-state index contributed by atoms with van der Waals surface area (Å²) in [6, 6.07) is 0. The molecular formula is C77H142O6. The summed E-state index contributed by atoms with van der Waals surface area (Å²) in [4.78, 5) is 38.6. The van der Waals surface area contributed by atoms with Crippen LogP contribution < -0.4 is 0 Å². The Morgan fingerprint density at radius 1 is 0.241 bits per heavy atom. The van der Waals surface area contributed by atoms with Crippen molar-refractivity contribution in [2.24, 2.45) is 0 Å². The van der Waals surface area contributed by atoms with Crippen molar-refractivity contribution in [3.05, 3.63) is 48.6 Å². The van der Waals surface area contributed by atoms with E-state index in [2.05, 4.69) is 69.4 Å². The predicted octanol–water partition coefficient (Wildman–Crippen LogP) is 25.7. The first kappa shape index (κ1) is 80.4. The average molecular weight is 1160 g/mol. The average Bonchev–Trinajstić information content (AvgIpc) is 3.49. The van der Waals surface area contributed by atoms with E-state index in [0.29, 0.717) is 19.3 Å². The van der Waals surface area contributed by atoms with Crippen LogP contribution in [-0.2, 0) is 28.6 Å². The fraction of sp³-hybridized carbons (Fsp3) is 0.857. The fourth-order valence-electron chi connectivity index (χ4n) is 11.2. The first-order valence-electron chi connectivity index (χ1n) is 37.1. The van der Waals surface area contributed by atoms with Gasteiger partial charge >= 0.3 is 17.9 Å². The van der Waals surface area contributed by atoms with Gasteiger partial charge in [0.05, 0.1) is 0 Å². The van der Waals surface area contributed by atoms with Gasteiger partial charge in [0.25, 0.3) is 0 Å². The summed E-state index contributed by atoms with van der Waals surface area (Å²) in [5, 5.41) is 0. The highest BCUT2D eigenvalue weighted by atomic mass is 16.6. The molecule has 0 saturated carbocycles. The monoisotopic (exact) mass is 1160 g/mol. The number of hydrogen-bond acceptors (Lipinski definition) is 6. The smallest absolute Gasteiger partial charge is 0.306 e. The van der Waals surface area contributed by atoms with Gasteiger partial charge in [0.1, 0.15) is 13.2 Å². The Kier molecular flexibility index (Phi) is 69.6. The summed E-state index contributed by atoms with van der Waals surface area (Å²) in [5.74, 6) is -0.850. The molecule has 0 aromatic carbocycles. The molecule has 0 aliphatic heterocycles. The van der Waals surface area contributed by atoms with Crippen molar-refractivity contribution in [1.29, 1.82) is 0 Å². The lowest BCUT2D eigenvalue weighted by atomic mass is 10.0. The zero-order chi connectivity index (χ0) is 59.9. The Balaban J connectivity index is 4.33. The van der Waals surface area contributed by atoms with Gasteiger partial charge in [-0.3, -0.25) is 14.4 Å². The van der Waals surface area contributed by atoms with Crippen molar-refractivity contribution in [3.63, 3.8) is 0 Å². The van der Waals surface area contributed by atoms with Gasteiger partial charge in [0.2, 0.25) is 0 Å².